The minimum atomic E-state index is -0.147. The second-order valence-electron chi connectivity index (χ2n) is 3.77. The predicted octanol–water partition coefficient (Wildman–Crippen LogP) is 1.42. The maximum atomic E-state index is 11.7. The van der Waals surface area contributed by atoms with Crippen molar-refractivity contribution in [1.82, 2.24) is 15.2 Å². The Balaban J connectivity index is 2.39. The van der Waals surface area contributed by atoms with Crippen molar-refractivity contribution < 1.29 is 4.79 Å². The zero-order valence-corrected chi connectivity index (χ0v) is 10.3. The SMILES string of the molecule is CN(C)CCCNC(=O)c1ccncc1Cl. The molecule has 1 N–H and O–H groups in total. The van der Waals surface area contributed by atoms with Crippen molar-refractivity contribution in [3.8, 4) is 0 Å². The molecule has 0 fully saturated rings. The number of hydrogen-bond donors (Lipinski definition) is 1. The zero-order chi connectivity index (χ0) is 12.0. The van der Waals surface area contributed by atoms with Gasteiger partial charge in [0.1, 0.15) is 0 Å². The van der Waals surface area contributed by atoms with Gasteiger partial charge in [0.2, 0.25) is 0 Å². The molecular formula is C11H16ClN3O. The highest BCUT2D eigenvalue weighted by atomic mass is 35.5. The molecule has 16 heavy (non-hydrogen) atoms. The van der Waals surface area contributed by atoms with Crippen molar-refractivity contribution in [1.29, 1.82) is 0 Å². The van der Waals surface area contributed by atoms with Crippen LogP contribution in [0.25, 0.3) is 0 Å². The van der Waals surface area contributed by atoms with Crippen LogP contribution in [0.15, 0.2) is 18.5 Å². The lowest BCUT2D eigenvalue weighted by atomic mass is 10.2. The van der Waals surface area contributed by atoms with Gasteiger partial charge in [-0.3, -0.25) is 9.78 Å². The van der Waals surface area contributed by atoms with Crippen LogP contribution < -0.4 is 5.32 Å². The number of aromatic nitrogens is 1. The van der Waals surface area contributed by atoms with Gasteiger partial charge < -0.3 is 10.2 Å². The number of pyridine rings is 1. The number of carbonyl (C=O) groups excluding carboxylic acids is 1. The summed E-state index contributed by atoms with van der Waals surface area (Å²) in [6.07, 6.45) is 3.94. The van der Waals surface area contributed by atoms with Gasteiger partial charge in [0, 0.05) is 18.9 Å². The number of carbonyl (C=O) groups is 1. The minimum absolute atomic E-state index is 0.147. The summed E-state index contributed by atoms with van der Waals surface area (Å²) < 4.78 is 0. The summed E-state index contributed by atoms with van der Waals surface area (Å²) in [7, 11) is 4.00. The molecule has 4 nitrogen and oxygen atoms in total. The molecule has 1 heterocycles. The van der Waals surface area contributed by atoms with Crippen molar-refractivity contribution in [2.45, 2.75) is 6.42 Å². The number of nitrogens with one attached hydrogen (secondary N) is 1. The number of rotatable bonds is 5. The topological polar surface area (TPSA) is 45.2 Å². The number of halogens is 1. The molecule has 0 atom stereocenters. The third-order valence-corrected chi connectivity index (χ3v) is 2.39. The summed E-state index contributed by atoms with van der Waals surface area (Å²) in [6, 6.07) is 1.61. The molecule has 0 aliphatic carbocycles. The van der Waals surface area contributed by atoms with E-state index < -0.39 is 0 Å². The van der Waals surface area contributed by atoms with Gasteiger partial charge in [-0.25, -0.2) is 0 Å². The zero-order valence-electron chi connectivity index (χ0n) is 9.53. The first kappa shape index (κ1) is 12.9. The van der Waals surface area contributed by atoms with Crippen LogP contribution >= 0.6 is 11.6 Å². The molecule has 0 saturated carbocycles. The summed E-state index contributed by atoms with van der Waals surface area (Å²) in [6.45, 7) is 1.60. The van der Waals surface area contributed by atoms with Gasteiger partial charge in [0.25, 0.3) is 5.91 Å². The van der Waals surface area contributed by atoms with Crippen LogP contribution in [0.1, 0.15) is 16.8 Å². The van der Waals surface area contributed by atoms with Crippen molar-refractivity contribution in [2.75, 3.05) is 27.2 Å². The highest BCUT2D eigenvalue weighted by Gasteiger charge is 2.08. The Hall–Kier alpha value is -1.13. The first-order chi connectivity index (χ1) is 7.61. The largest absolute Gasteiger partial charge is 0.352 e. The van der Waals surface area contributed by atoms with Gasteiger partial charge in [-0.1, -0.05) is 11.6 Å². The van der Waals surface area contributed by atoms with Gasteiger partial charge in [0.05, 0.1) is 10.6 Å². The average Bonchev–Trinajstić information content (AvgIpc) is 2.24. The van der Waals surface area contributed by atoms with Gasteiger partial charge in [-0.2, -0.15) is 0 Å². The van der Waals surface area contributed by atoms with Crippen LogP contribution in [0, 0.1) is 0 Å². The Kier molecular flexibility index (Phi) is 5.22. The fourth-order valence-electron chi connectivity index (χ4n) is 1.25. The van der Waals surface area contributed by atoms with E-state index in [1.54, 1.807) is 12.3 Å². The molecule has 1 aromatic rings. The lowest BCUT2D eigenvalue weighted by Crippen LogP contribution is -2.27. The standard InChI is InChI=1S/C11H16ClN3O/c1-15(2)7-3-5-14-11(16)9-4-6-13-8-10(9)12/h4,6,8H,3,5,7H2,1-2H3,(H,14,16). The monoisotopic (exact) mass is 241 g/mol. The van der Waals surface area contributed by atoms with Crippen molar-refractivity contribution >= 4 is 17.5 Å². The van der Waals surface area contributed by atoms with Gasteiger partial charge in [-0.15, -0.1) is 0 Å². The Bertz CT molecular complexity index is 355. The van der Waals surface area contributed by atoms with Crippen LogP contribution in [-0.2, 0) is 0 Å². The van der Waals surface area contributed by atoms with Gasteiger partial charge >= 0.3 is 0 Å². The Labute approximate surface area is 101 Å². The molecule has 1 amide bonds. The molecule has 1 rings (SSSR count). The van der Waals surface area contributed by atoms with E-state index in [9.17, 15) is 4.79 Å². The van der Waals surface area contributed by atoms with E-state index in [-0.39, 0.29) is 5.91 Å². The highest BCUT2D eigenvalue weighted by molar-refractivity contribution is 6.33. The molecule has 0 aliphatic rings. The maximum Gasteiger partial charge on any atom is 0.252 e. The third kappa shape index (κ3) is 4.16. The predicted molar refractivity (Wildman–Crippen MR) is 64.8 cm³/mol. The van der Waals surface area contributed by atoms with E-state index in [2.05, 4.69) is 15.2 Å². The minimum Gasteiger partial charge on any atom is -0.352 e. The first-order valence-corrected chi connectivity index (χ1v) is 5.51. The summed E-state index contributed by atoms with van der Waals surface area (Å²) in [4.78, 5) is 17.6. The van der Waals surface area contributed by atoms with E-state index in [0.717, 1.165) is 13.0 Å². The smallest absolute Gasteiger partial charge is 0.252 e. The normalized spacial score (nSPS) is 10.5. The third-order valence-electron chi connectivity index (χ3n) is 2.08. The van der Waals surface area contributed by atoms with Crippen LogP contribution in [0.2, 0.25) is 5.02 Å². The summed E-state index contributed by atoms with van der Waals surface area (Å²) in [5.74, 6) is -0.147. The number of hydrogen-bond acceptors (Lipinski definition) is 3. The van der Waals surface area contributed by atoms with E-state index >= 15 is 0 Å². The molecule has 0 spiro atoms. The second-order valence-corrected chi connectivity index (χ2v) is 4.18. The summed E-state index contributed by atoms with van der Waals surface area (Å²) >= 11 is 5.85. The molecule has 88 valence electrons. The maximum absolute atomic E-state index is 11.7. The molecule has 0 bridgehead atoms. The van der Waals surface area contributed by atoms with Crippen molar-refractivity contribution in [2.24, 2.45) is 0 Å². The fraction of sp³-hybridized carbons (Fsp3) is 0.455. The Morgan fingerprint density at radius 1 is 1.56 bits per heavy atom. The number of amides is 1. The molecular weight excluding hydrogens is 226 g/mol. The molecule has 5 heteroatoms. The molecule has 0 saturated heterocycles. The average molecular weight is 242 g/mol. The van der Waals surface area contributed by atoms with Crippen LogP contribution in [-0.4, -0.2) is 43.0 Å². The van der Waals surface area contributed by atoms with Crippen molar-refractivity contribution in [3.63, 3.8) is 0 Å². The Morgan fingerprint density at radius 3 is 2.94 bits per heavy atom. The Morgan fingerprint density at radius 2 is 2.31 bits per heavy atom. The summed E-state index contributed by atoms with van der Waals surface area (Å²) in [5.41, 5.74) is 0.474. The first-order valence-electron chi connectivity index (χ1n) is 5.13. The van der Waals surface area contributed by atoms with E-state index in [1.807, 2.05) is 14.1 Å². The molecule has 0 aromatic carbocycles. The quantitative estimate of drug-likeness (QED) is 0.793. The molecule has 0 aliphatic heterocycles. The lowest BCUT2D eigenvalue weighted by Gasteiger charge is -2.10. The van der Waals surface area contributed by atoms with Gasteiger partial charge in [0.15, 0.2) is 0 Å². The van der Waals surface area contributed by atoms with E-state index in [4.69, 9.17) is 11.6 Å². The van der Waals surface area contributed by atoms with Crippen LogP contribution in [0.3, 0.4) is 0 Å². The van der Waals surface area contributed by atoms with Gasteiger partial charge in [-0.05, 0) is 33.1 Å². The summed E-state index contributed by atoms with van der Waals surface area (Å²) in [5, 5.41) is 3.20. The molecule has 1 aromatic heterocycles. The van der Waals surface area contributed by atoms with E-state index in [1.165, 1.54) is 6.20 Å². The molecule has 0 unspecified atom stereocenters. The number of nitrogens with zero attached hydrogens (tertiary/aromatic N) is 2. The highest BCUT2D eigenvalue weighted by Crippen LogP contribution is 2.12. The van der Waals surface area contributed by atoms with Crippen molar-refractivity contribution in [3.05, 3.63) is 29.0 Å². The lowest BCUT2D eigenvalue weighted by molar-refractivity contribution is 0.0952. The fourth-order valence-corrected chi connectivity index (χ4v) is 1.46. The molecule has 0 radical (unpaired) electrons. The van der Waals surface area contributed by atoms with Crippen LogP contribution in [0.5, 0.6) is 0 Å². The second kappa shape index (κ2) is 6.45. The van der Waals surface area contributed by atoms with Crippen LogP contribution in [0.4, 0.5) is 0 Å². The van der Waals surface area contributed by atoms with E-state index in [0.29, 0.717) is 17.1 Å².